The number of rotatable bonds is 6. The van der Waals surface area contributed by atoms with Crippen LogP contribution >= 0.6 is 27.7 Å². The molecule has 140 valence electrons. The summed E-state index contributed by atoms with van der Waals surface area (Å²) in [6.45, 7) is 4.72. The molecule has 7 heteroatoms. The van der Waals surface area contributed by atoms with Gasteiger partial charge in [-0.2, -0.15) is 0 Å². The SMILES string of the molecule is Cc1ccc(-n2cnnc2SCC(=O)N(C)Cc2ccccc2Br)cc1C. The van der Waals surface area contributed by atoms with E-state index in [4.69, 9.17) is 0 Å². The fraction of sp³-hybridized carbons (Fsp3) is 0.250. The average molecular weight is 445 g/mol. The Morgan fingerprint density at radius 2 is 1.96 bits per heavy atom. The van der Waals surface area contributed by atoms with Crippen molar-refractivity contribution < 1.29 is 4.79 Å². The lowest BCUT2D eigenvalue weighted by atomic mass is 10.1. The number of thioether (sulfide) groups is 1. The van der Waals surface area contributed by atoms with E-state index in [9.17, 15) is 4.79 Å². The van der Waals surface area contributed by atoms with Gasteiger partial charge in [-0.3, -0.25) is 9.36 Å². The summed E-state index contributed by atoms with van der Waals surface area (Å²) in [5.74, 6) is 0.357. The first-order valence-electron chi connectivity index (χ1n) is 8.53. The maximum Gasteiger partial charge on any atom is 0.233 e. The highest BCUT2D eigenvalue weighted by atomic mass is 79.9. The molecule has 1 heterocycles. The van der Waals surface area contributed by atoms with Crippen molar-refractivity contribution in [3.63, 3.8) is 0 Å². The molecule has 0 bridgehead atoms. The summed E-state index contributed by atoms with van der Waals surface area (Å²) in [4.78, 5) is 14.3. The van der Waals surface area contributed by atoms with Crippen molar-refractivity contribution in [3.05, 3.63) is 70.0 Å². The molecule has 0 aliphatic rings. The number of amides is 1. The highest BCUT2D eigenvalue weighted by molar-refractivity contribution is 9.10. The molecule has 0 radical (unpaired) electrons. The summed E-state index contributed by atoms with van der Waals surface area (Å²) in [7, 11) is 1.82. The van der Waals surface area contributed by atoms with Crippen LogP contribution in [0.3, 0.4) is 0 Å². The predicted octanol–water partition coefficient (Wildman–Crippen LogP) is 4.40. The normalized spacial score (nSPS) is 10.8. The molecule has 1 aromatic heterocycles. The van der Waals surface area contributed by atoms with Gasteiger partial charge in [-0.25, -0.2) is 0 Å². The molecule has 0 saturated heterocycles. The van der Waals surface area contributed by atoms with Crippen molar-refractivity contribution in [1.29, 1.82) is 0 Å². The maximum atomic E-state index is 12.5. The van der Waals surface area contributed by atoms with E-state index in [2.05, 4.69) is 52.1 Å². The lowest BCUT2D eigenvalue weighted by Crippen LogP contribution is -2.28. The van der Waals surface area contributed by atoms with Crippen LogP contribution in [0.5, 0.6) is 0 Å². The molecule has 0 aliphatic carbocycles. The van der Waals surface area contributed by atoms with Crippen molar-refractivity contribution in [1.82, 2.24) is 19.7 Å². The van der Waals surface area contributed by atoms with Crippen molar-refractivity contribution in [2.75, 3.05) is 12.8 Å². The highest BCUT2D eigenvalue weighted by Crippen LogP contribution is 2.22. The van der Waals surface area contributed by atoms with Gasteiger partial charge in [0.25, 0.3) is 0 Å². The van der Waals surface area contributed by atoms with Crippen LogP contribution in [0.1, 0.15) is 16.7 Å². The van der Waals surface area contributed by atoms with Crippen LogP contribution < -0.4 is 0 Å². The van der Waals surface area contributed by atoms with Crippen molar-refractivity contribution in [2.45, 2.75) is 25.5 Å². The lowest BCUT2D eigenvalue weighted by molar-refractivity contribution is -0.127. The summed E-state index contributed by atoms with van der Waals surface area (Å²) < 4.78 is 2.92. The molecule has 0 saturated carbocycles. The van der Waals surface area contributed by atoms with Crippen LogP contribution in [0.4, 0.5) is 0 Å². The van der Waals surface area contributed by atoms with E-state index in [0.29, 0.717) is 17.5 Å². The predicted molar refractivity (Wildman–Crippen MR) is 112 cm³/mol. The molecule has 3 rings (SSSR count). The maximum absolute atomic E-state index is 12.5. The van der Waals surface area contributed by atoms with E-state index < -0.39 is 0 Å². The largest absolute Gasteiger partial charge is 0.341 e. The molecule has 2 aromatic carbocycles. The fourth-order valence-corrected chi connectivity index (χ4v) is 3.86. The summed E-state index contributed by atoms with van der Waals surface area (Å²) in [5.41, 5.74) is 4.53. The zero-order valence-electron chi connectivity index (χ0n) is 15.5. The third-order valence-corrected chi connectivity index (χ3v) is 6.10. The second-order valence-corrected chi connectivity index (χ2v) is 8.18. The Balaban J connectivity index is 1.65. The van der Waals surface area contributed by atoms with Gasteiger partial charge in [0.2, 0.25) is 5.91 Å². The Morgan fingerprint density at radius 3 is 2.70 bits per heavy atom. The molecule has 0 atom stereocenters. The Hall–Kier alpha value is -2.12. The number of aryl methyl sites for hydroxylation is 2. The molecular formula is C20H21BrN4OS. The molecule has 3 aromatic rings. The van der Waals surface area contributed by atoms with Crippen LogP contribution in [0.15, 0.2) is 58.4 Å². The van der Waals surface area contributed by atoms with Gasteiger partial charge in [-0.15, -0.1) is 10.2 Å². The molecule has 5 nitrogen and oxygen atoms in total. The second-order valence-electron chi connectivity index (χ2n) is 6.38. The van der Waals surface area contributed by atoms with Crippen LogP contribution in [0.2, 0.25) is 0 Å². The number of hydrogen-bond donors (Lipinski definition) is 0. The number of benzene rings is 2. The van der Waals surface area contributed by atoms with Crippen LogP contribution in [-0.2, 0) is 11.3 Å². The van der Waals surface area contributed by atoms with Gasteiger partial charge in [0.15, 0.2) is 5.16 Å². The van der Waals surface area contributed by atoms with E-state index in [1.54, 1.807) is 11.2 Å². The fourth-order valence-electron chi connectivity index (χ4n) is 2.58. The molecular weight excluding hydrogens is 424 g/mol. The minimum atomic E-state index is 0.0467. The van der Waals surface area contributed by atoms with Gasteiger partial charge in [0, 0.05) is 23.8 Å². The molecule has 0 spiro atoms. The smallest absolute Gasteiger partial charge is 0.233 e. The molecule has 1 amide bonds. The van der Waals surface area contributed by atoms with E-state index in [-0.39, 0.29) is 5.91 Å². The standard InChI is InChI=1S/C20H21BrN4OS/c1-14-8-9-17(10-15(14)2)25-13-22-23-20(25)27-12-19(26)24(3)11-16-6-4-5-7-18(16)21/h4-10,13H,11-12H2,1-3H3. The highest BCUT2D eigenvalue weighted by Gasteiger charge is 2.14. The quantitative estimate of drug-likeness (QED) is 0.528. The van der Waals surface area contributed by atoms with E-state index in [1.807, 2.05) is 41.9 Å². The first-order chi connectivity index (χ1) is 13.0. The van der Waals surface area contributed by atoms with Crippen LogP contribution in [0.25, 0.3) is 5.69 Å². The molecule has 0 fully saturated rings. The molecule has 0 N–H and O–H groups in total. The zero-order chi connectivity index (χ0) is 19.4. The second kappa shape index (κ2) is 8.71. The number of aromatic nitrogens is 3. The number of carbonyl (C=O) groups is 1. The van der Waals surface area contributed by atoms with E-state index in [0.717, 1.165) is 15.7 Å². The third kappa shape index (κ3) is 4.78. The number of hydrogen-bond acceptors (Lipinski definition) is 4. The molecule has 27 heavy (non-hydrogen) atoms. The third-order valence-electron chi connectivity index (χ3n) is 4.40. The van der Waals surface area contributed by atoms with Crippen molar-refractivity contribution in [2.24, 2.45) is 0 Å². The molecule has 0 aliphatic heterocycles. The van der Waals surface area contributed by atoms with E-state index in [1.165, 1.54) is 22.9 Å². The average Bonchev–Trinajstić information content (AvgIpc) is 3.12. The summed E-state index contributed by atoms with van der Waals surface area (Å²) in [6.07, 6.45) is 1.68. The van der Waals surface area contributed by atoms with Gasteiger partial charge in [-0.1, -0.05) is 52.0 Å². The summed E-state index contributed by atoms with van der Waals surface area (Å²) in [5, 5.41) is 8.89. The lowest BCUT2D eigenvalue weighted by Gasteiger charge is -2.18. The minimum absolute atomic E-state index is 0.0467. The topological polar surface area (TPSA) is 51.0 Å². The minimum Gasteiger partial charge on any atom is -0.341 e. The Labute approximate surface area is 171 Å². The van der Waals surface area contributed by atoms with Gasteiger partial charge < -0.3 is 4.90 Å². The van der Waals surface area contributed by atoms with Gasteiger partial charge in [0.05, 0.1) is 5.75 Å². The van der Waals surface area contributed by atoms with Gasteiger partial charge >= 0.3 is 0 Å². The van der Waals surface area contributed by atoms with Crippen LogP contribution in [-0.4, -0.2) is 38.4 Å². The van der Waals surface area contributed by atoms with Crippen LogP contribution in [0, 0.1) is 13.8 Å². The Bertz CT molecular complexity index is 957. The Morgan fingerprint density at radius 1 is 1.19 bits per heavy atom. The zero-order valence-corrected chi connectivity index (χ0v) is 17.9. The number of carbonyl (C=O) groups excluding carboxylic acids is 1. The Kier molecular flexibility index (Phi) is 6.34. The number of nitrogens with zero attached hydrogens (tertiary/aromatic N) is 4. The first-order valence-corrected chi connectivity index (χ1v) is 10.3. The van der Waals surface area contributed by atoms with Gasteiger partial charge in [-0.05, 0) is 48.7 Å². The monoisotopic (exact) mass is 444 g/mol. The number of halogens is 1. The van der Waals surface area contributed by atoms with Gasteiger partial charge in [0.1, 0.15) is 6.33 Å². The summed E-state index contributed by atoms with van der Waals surface area (Å²) >= 11 is 4.92. The van der Waals surface area contributed by atoms with E-state index >= 15 is 0 Å². The van der Waals surface area contributed by atoms with Crippen molar-refractivity contribution in [3.8, 4) is 5.69 Å². The summed E-state index contributed by atoms with van der Waals surface area (Å²) in [6, 6.07) is 14.1. The van der Waals surface area contributed by atoms with Crippen molar-refractivity contribution >= 4 is 33.6 Å². The first kappa shape index (κ1) is 19.6. The molecule has 0 unspecified atom stereocenters.